The van der Waals surface area contributed by atoms with Gasteiger partial charge in [-0.15, -0.1) is 11.3 Å². The Morgan fingerprint density at radius 1 is 1.25 bits per heavy atom. The number of aryl methyl sites for hydroxylation is 1. The van der Waals surface area contributed by atoms with E-state index in [4.69, 9.17) is 5.73 Å². The number of hydrogen-bond donors (Lipinski definition) is 1. The maximum absolute atomic E-state index is 12.5. The minimum absolute atomic E-state index is 0.0277. The van der Waals surface area contributed by atoms with Crippen LogP contribution in [-0.4, -0.2) is 17.4 Å². The molecule has 106 valence electrons. The highest BCUT2D eigenvalue weighted by molar-refractivity contribution is 7.12. The SMILES string of the molecule is CCCN(Cc1ccc(C)cc1)C(=O)c1sccc1N. The number of carbonyl (C=O) groups is 1. The first kappa shape index (κ1) is 14.6. The van der Waals surface area contributed by atoms with E-state index in [9.17, 15) is 4.79 Å². The molecular formula is C16H20N2OS. The third kappa shape index (κ3) is 3.39. The lowest BCUT2D eigenvalue weighted by molar-refractivity contribution is 0.0749. The van der Waals surface area contributed by atoms with Crippen molar-refractivity contribution in [3.8, 4) is 0 Å². The van der Waals surface area contributed by atoms with Gasteiger partial charge < -0.3 is 10.6 Å². The van der Waals surface area contributed by atoms with Crippen LogP contribution in [0.4, 0.5) is 5.69 Å². The molecule has 1 heterocycles. The Balaban J connectivity index is 2.16. The van der Waals surface area contributed by atoms with Crippen LogP contribution in [0.3, 0.4) is 0 Å². The zero-order chi connectivity index (χ0) is 14.5. The molecule has 0 aliphatic heterocycles. The van der Waals surface area contributed by atoms with Gasteiger partial charge in [0.1, 0.15) is 4.88 Å². The average Bonchev–Trinajstić information content (AvgIpc) is 2.86. The lowest BCUT2D eigenvalue weighted by Gasteiger charge is -2.22. The van der Waals surface area contributed by atoms with Crippen LogP contribution >= 0.6 is 11.3 Å². The maximum Gasteiger partial charge on any atom is 0.266 e. The predicted octanol–water partition coefficient (Wildman–Crippen LogP) is 3.69. The Morgan fingerprint density at radius 2 is 1.95 bits per heavy atom. The van der Waals surface area contributed by atoms with E-state index in [1.807, 2.05) is 10.3 Å². The van der Waals surface area contributed by atoms with Crippen LogP contribution in [0.1, 0.15) is 34.1 Å². The van der Waals surface area contributed by atoms with E-state index < -0.39 is 0 Å². The molecule has 2 rings (SSSR count). The number of anilines is 1. The molecule has 0 saturated heterocycles. The number of nitrogen functional groups attached to an aromatic ring is 1. The number of carbonyl (C=O) groups excluding carboxylic acids is 1. The molecule has 0 unspecified atom stereocenters. The monoisotopic (exact) mass is 288 g/mol. The average molecular weight is 288 g/mol. The standard InChI is InChI=1S/C16H20N2OS/c1-3-9-18(11-13-6-4-12(2)5-7-13)16(19)15-14(17)8-10-20-15/h4-8,10H,3,9,11,17H2,1-2H3. The second-order valence-electron chi connectivity index (χ2n) is 4.92. The van der Waals surface area contributed by atoms with Gasteiger partial charge in [0.15, 0.2) is 0 Å². The van der Waals surface area contributed by atoms with Crippen LogP contribution in [0.2, 0.25) is 0 Å². The number of thiophene rings is 1. The summed E-state index contributed by atoms with van der Waals surface area (Å²) in [7, 11) is 0. The van der Waals surface area contributed by atoms with Gasteiger partial charge in [-0.1, -0.05) is 36.8 Å². The first-order chi connectivity index (χ1) is 9.61. The van der Waals surface area contributed by atoms with Crippen LogP contribution < -0.4 is 5.73 Å². The number of benzene rings is 1. The molecule has 1 aromatic heterocycles. The zero-order valence-electron chi connectivity index (χ0n) is 11.9. The van der Waals surface area contributed by atoms with Crippen molar-refractivity contribution in [3.05, 3.63) is 51.7 Å². The first-order valence-electron chi connectivity index (χ1n) is 6.79. The third-order valence-corrected chi connectivity index (χ3v) is 4.08. The minimum atomic E-state index is 0.0277. The third-order valence-electron chi connectivity index (χ3n) is 3.16. The minimum Gasteiger partial charge on any atom is -0.397 e. The molecule has 0 aliphatic carbocycles. The van der Waals surface area contributed by atoms with E-state index in [0.29, 0.717) is 17.1 Å². The van der Waals surface area contributed by atoms with Crippen molar-refractivity contribution in [2.45, 2.75) is 26.8 Å². The molecule has 0 saturated carbocycles. The van der Waals surface area contributed by atoms with E-state index >= 15 is 0 Å². The summed E-state index contributed by atoms with van der Waals surface area (Å²) < 4.78 is 0. The topological polar surface area (TPSA) is 46.3 Å². The molecule has 4 heteroatoms. The highest BCUT2D eigenvalue weighted by Gasteiger charge is 2.18. The van der Waals surface area contributed by atoms with Crippen LogP contribution in [0.15, 0.2) is 35.7 Å². The van der Waals surface area contributed by atoms with Gasteiger partial charge in [-0.3, -0.25) is 4.79 Å². The molecule has 20 heavy (non-hydrogen) atoms. The molecule has 2 N–H and O–H groups in total. The molecule has 0 radical (unpaired) electrons. The van der Waals surface area contributed by atoms with Gasteiger partial charge in [0.05, 0.1) is 5.69 Å². The molecule has 3 nitrogen and oxygen atoms in total. The van der Waals surface area contributed by atoms with E-state index in [0.717, 1.165) is 18.5 Å². The summed E-state index contributed by atoms with van der Waals surface area (Å²) in [5, 5.41) is 1.86. The Bertz CT molecular complexity index is 574. The summed E-state index contributed by atoms with van der Waals surface area (Å²) in [5.41, 5.74) is 8.80. The van der Waals surface area contributed by atoms with Crippen molar-refractivity contribution in [3.63, 3.8) is 0 Å². The summed E-state index contributed by atoms with van der Waals surface area (Å²) in [6.45, 7) is 5.51. The van der Waals surface area contributed by atoms with Gasteiger partial charge in [-0.05, 0) is 30.4 Å². The molecule has 0 spiro atoms. The Morgan fingerprint density at radius 3 is 2.50 bits per heavy atom. The summed E-state index contributed by atoms with van der Waals surface area (Å²) in [6.07, 6.45) is 0.933. The van der Waals surface area contributed by atoms with Gasteiger partial charge in [-0.25, -0.2) is 0 Å². The highest BCUT2D eigenvalue weighted by atomic mass is 32.1. The largest absolute Gasteiger partial charge is 0.397 e. The van der Waals surface area contributed by atoms with E-state index in [1.54, 1.807) is 6.07 Å². The van der Waals surface area contributed by atoms with Crippen molar-refractivity contribution in [2.75, 3.05) is 12.3 Å². The van der Waals surface area contributed by atoms with Crippen molar-refractivity contribution in [1.29, 1.82) is 0 Å². The fraction of sp³-hybridized carbons (Fsp3) is 0.312. The van der Waals surface area contributed by atoms with E-state index in [1.165, 1.54) is 16.9 Å². The Kier molecular flexibility index (Phi) is 4.79. The fourth-order valence-corrected chi connectivity index (χ4v) is 2.86. The van der Waals surface area contributed by atoms with Gasteiger partial charge in [-0.2, -0.15) is 0 Å². The number of nitrogens with zero attached hydrogens (tertiary/aromatic N) is 1. The van der Waals surface area contributed by atoms with Crippen molar-refractivity contribution in [2.24, 2.45) is 0 Å². The smallest absolute Gasteiger partial charge is 0.266 e. The lowest BCUT2D eigenvalue weighted by Crippen LogP contribution is -2.31. The second-order valence-corrected chi connectivity index (χ2v) is 5.83. The van der Waals surface area contributed by atoms with Crippen molar-refractivity contribution < 1.29 is 4.79 Å². The van der Waals surface area contributed by atoms with Gasteiger partial charge in [0.2, 0.25) is 0 Å². The predicted molar refractivity (Wildman–Crippen MR) is 84.9 cm³/mol. The molecule has 1 aromatic carbocycles. The second kappa shape index (κ2) is 6.57. The normalized spacial score (nSPS) is 10.5. The molecule has 0 atom stereocenters. The van der Waals surface area contributed by atoms with Gasteiger partial charge in [0.25, 0.3) is 5.91 Å². The molecule has 1 amide bonds. The highest BCUT2D eigenvalue weighted by Crippen LogP contribution is 2.22. The van der Waals surface area contributed by atoms with E-state index in [2.05, 4.69) is 38.1 Å². The summed E-state index contributed by atoms with van der Waals surface area (Å²) in [5.74, 6) is 0.0277. The van der Waals surface area contributed by atoms with Crippen molar-refractivity contribution >= 4 is 22.9 Å². The lowest BCUT2D eigenvalue weighted by atomic mass is 10.1. The van der Waals surface area contributed by atoms with E-state index in [-0.39, 0.29) is 5.91 Å². The van der Waals surface area contributed by atoms with Crippen LogP contribution in [0, 0.1) is 6.92 Å². The quantitative estimate of drug-likeness (QED) is 0.912. The summed E-state index contributed by atoms with van der Waals surface area (Å²) in [4.78, 5) is 15.1. The van der Waals surface area contributed by atoms with Crippen LogP contribution in [-0.2, 0) is 6.54 Å². The Hall–Kier alpha value is -1.81. The summed E-state index contributed by atoms with van der Waals surface area (Å²) >= 11 is 1.41. The number of nitrogens with two attached hydrogens (primary N) is 1. The number of amides is 1. The number of hydrogen-bond acceptors (Lipinski definition) is 3. The molecule has 0 fully saturated rings. The fourth-order valence-electron chi connectivity index (χ4n) is 2.07. The molecular weight excluding hydrogens is 268 g/mol. The summed E-state index contributed by atoms with van der Waals surface area (Å²) in [6, 6.07) is 10.1. The Labute approximate surface area is 124 Å². The molecule has 2 aromatic rings. The maximum atomic E-state index is 12.5. The van der Waals surface area contributed by atoms with Gasteiger partial charge >= 0.3 is 0 Å². The molecule has 0 aliphatic rings. The molecule has 0 bridgehead atoms. The first-order valence-corrected chi connectivity index (χ1v) is 7.67. The van der Waals surface area contributed by atoms with Gasteiger partial charge in [0, 0.05) is 13.1 Å². The van der Waals surface area contributed by atoms with Crippen LogP contribution in [0.5, 0.6) is 0 Å². The van der Waals surface area contributed by atoms with Crippen molar-refractivity contribution in [1.82, 2.24) is 4.90 Å². The van der Waals surface area contributed by atoms with Crippen LogP contribution in [0.25, 0.3) is 0 Å². The zero-order valence-corrected chi connectivity index (χ0v) is 12.7. The number of rotatable bonds is 5.